The molecule has 0 aliphatic carbocycles. The monoisotopic (exact) mass is 200 g/mol. The number of halogens is 2. The summed E-state index contributed by atoms with van der Waals surface area (Å²) in [4.78, 5) is 0. The fraction of sp³-hybridized carbons (Fsp3) is 0.600. The van der Waals surface area contributed by atoms with Crippen molar-refractivity contribution in [2.75, 3.05) is 13.1 Å². The van der Waals surface area contributed by atoms with Crippen molar-refractivity contribution in [3.8, 4) is 0 Å². The van der Waals surface area contributed by atoms with E-state index >= 15 is 0 Å². The van der Waals surface area contributed by atoms with Gasteiger partial charge in [-0.05, 0) is 0 Å². The van der Waals surface area contributed by atoms with Crippen LogP contribution >= 0.6 is 0 Å². The lowest BCUT2D eigenvalue weighted by Gasteiger charge is -2.01. The average molecular weight is 200 g/mol. The molecule has 0 fully saturated rings. The number of rotatable bonds is 5. The summed E-state index contributed by atoms with van der Waals surface area (Å²) >= 11 is 0. The van der Waals surface area contributed by atoms with E-state index in [2.05, 4.69) is 0 Å². The van der Waals surface area contributed by atoms with Crippen molar-refractivity contribution in [2.45, 2.75) is 5.76 Å². The number of hydrogen-bond donors (Lipinski definition) is 2. The van der Waals surface area contributed by atoms with Crippen molar-refractivity contribution in [3.63, 3.8) is 0 Å². The van der Waals surface area contributed by atoms with Crippen LogP contribution in [0.15, 0.2) is 12.2 Å². The molecule has 0 atom stereocenters. The maximum Gasteiger partial charge on any atom is 0.350 e. The van der Waals surface area contributed by atoms with Crippen LogP contribution in [0.3, 0.4) is 0 Å². The highest BCUT2D eigenvalue weighted by molar-refractivity contribution is 7.89. The third-order valence-corrected chi connectivity index (χ3v) is 1.98. The second-order valence-electron chi connectivity index (χ2n) is 1.86. The van der Waals surface area contributed by atoms with Crippen LogP contribution < -0.4 is 10.5 Å². The van der Waals surface area contributed by atoms with Gasteiger partial charge in [-0.15, -0.1) is 0 Å². The molecule has 0 aromatic rings. The smallest absolute Gasteiger partial charge is 0.327 e. The second kappa shape index (κ2) is 5.18. The number of nitrogens with two attached hydrogens (primary N) is 1. The van der Waals surface area contributed by atoms with E-state index < -0.39 is 15.8 Å². The van der Waals surface area contributed by atoms with Crippen LogP contribution in [0.2, 0.25) is 0 Å². The number of hydrogen-bond acceptors (Lipinski definition) is 3. The van der Waals surface area contributed by atoms with Gasteiger partial charge in [0.1, 0.15) is 0 Å². The highest BCUT2D eigenvalue weighted by Gasteiger charge is 2.21. The molecular formula is C5H10F2N2O2S. The van der Waals surface area contributed by atoms with E-state index in [1.165, 1.54) is 12.2 Å². The van der Waals surface area contributed by atoms with E-state index in [1.807, 2.05) is 0 Å². The molecule has 72 valence electrons. The molecule has 0 heterocycles. The van der Waals surface area contributed by atoms with E-state index in [4.69, 9.17) is 5.73 Å². The van der Waals surface area contributed by atoms with Gasteiger partial charge in [0.2, 0.25) is 0 Å². The number of nitrogens with one attached hydrogen (secondary N) is 1. The predicted molar refractivity (Wildman–Crippen MR) is 41.1 cm³/mol. The largest absolute Gasteiger partial charge is 0.350 e. The molecule has 7 heteroatoms. The van der Waals surface area contributed by atoms with Crippen molar-refractivity contribution in [1.29, 1.82) is 0 Å². The topological polar surface area (TPSA) is 72.2 Å². The first-order valence-corrected chi connectivity index (χ1v) is 4.67. The molecule has 0 radical (unpaired) electrons. The third kappa shape index (κ3) is 4.37. The van der Waals surface area contributed by atoms with Crippen LogP contribution in [-0.4, -0.2) is 27.3 Å². The maximum atomic E-state index is 11.6. The SMILES string of the molecule is NC/C=C/CNS(=O)(=O)C(F)F. The molecule has 0 amide bonds. The second-order valence-corrected chi connectivity index (χ2v) is 3.60. The maximum absolute atomic E-state index is 11.6. The Balaban J connectivity index is 3.86. The molecule has 3 N–H and O–H groups in total. The predicted octanol–water partition coefficient (Wildman–Crippen LogP) is -0.357. The Bertz CT molecular complexity index is 238. The molecule has 0 aliphatic heterocycles. The first kappa shape index (κ1) is 11.5. The van der Waals surface area contributed by atoms with E-state index in [0.29, 0.717) is 0 Å². The standard InChI is InChI=1S/C5H10F2N2O2S/c6-5(7)12(10,11)9-4-2-1-3-8/h1-2,5,9H,3-4,8H2/b2-1+. The number of sulfonamides is 1. The molecule has 0 rings (SSSR count). The van der Waals surface area contributed by atoms with Crippen molar-refractivity contribution < 1.29 is 17.2 Å². The lowest BCUT2D eigenvalue weighted by Crippen LogP contribution is -2.29. The van der Waals surface area contributed by atoms with Crippen LogP contribution in [0.1, 0.15) is 0 Å². The zero-order valence-electron chi connectivity index (χ0n) is 6.20. The van der Waals surface area contributed by atoms with Crippen LogP contribution in [0.25, 0.3) is 0 Å². The summed E-state index contributed by atoms with van der Waals surface area (Å²) < 4.78 is 45.7. The molecule has 0 aliphatic rings. The molecule has 0 saturated carbocycles. The summed E-state index contributed by atoms with van der Waals surface area (Å²) in [5, 5.41) is 0. The minimum atomic E-state index is -4.45. The van der Waals surface area contributed by atoms with Gasteiger partial charge in [-0.1, -0.05) is 12.2 Å². The quantitative estimate of drug-likeness (QED) is 0.595. The normalized spacial score (nSPS) is 13.0. The van der Waals surface area contributed by atoms with E-state index in [0.717, 1.165) is 0 Å². The van der Waals surface area contributed by atoms with Gasteiger partial charge in [0, 0.05) is 13.1 Å². The van der Waals surface area contributed by atoms with Gasteiger partial charge < -0.3 is 5.73 Å². The zero-order chi connectivity index (χ0) is 9.61. The molecule has 4 nitrogen and oxygen atoms in total. The highest BCUT2D eigenvalue weighted by Crippen LogP contribution is 2.00. The van der Waals surface area contributed by atoms with Gasteiger partial charge in [0.25, 0.3) is 10.0 Å². The summed E-state index contributed by atoms with van der Waals surface area (Å²) in [6.07, 6.45) is 2.83. The van der Waals surface area contributed by atoms with E-state index in [-0.39, 0.29) is 13.1 Å². The van der Waals surface area contributed by atoms with E-state index in [1.54, 1.807) is 4.72 Å². The first-order chi connectivity index (χ1) is 5.50. The molecule has 0 unspecified atom stereocenters. The Hall–Kier alpha value is -0.530. The minimum Gasteiger partial charge on any atom is -0.327 e. The highest BCUT2D eigenvalue weighted by atomic mass is 32.2. The van der Waals surface area contributed by atoms with Gasteiger partial charge >= 0.3 is 5.76 Å². The lowest BCUT2D eigenvalue weighted by molar-refractivity contribution is 0.233. The summed E-state index contributed by atoms with van der Waals surface area (Å²) in [5.41, 5.74) is 5.03. The number of alkyl halides is 2. The Kier molecular flexibility index (Phi) is 4.95. The summed E-state index contributed by atoms with van der Waals surface area (Å²) in [6, 6.07) is 0. The van der Waals surface area contributed by atoms with Gasteiger partial charge in [-0.2, -0.15) is 8.78 Å². The third-order valence-electron chi connectivity index (χ3n) is 0.940. The average Bonchev–Trinajstić information content (AvgIpc) is 1.98. The van der Waals surface area contributed by atoms with Crippen LogP contribution in [0.5, 0.6) is 0 Å². The first-order valence-electron chi connectivity index (χ1n) is 3.12. The molecule has 12 heavy (non-hydrogen) atoms. The van der Waals surface area contributed by atoms with Crippen LogP contribution in [0, 0.1) is 0 Å². The molecule has 0 aromatic heterocycles. The van der Waals surface area contributed by atoms with Gasteiger partial charge in [-0.25, -0.2) is 13.1 Å². The fourth-order valence-corrected chi connectivity index (χ4v) is 0.861. The van der Waals surface area contributed by atoms with Crippen molar-refractivity contribution in [1.82, 2.24) is 4.72 Å². The van der Waals surface area contributed by atoms with Crippen LogP contribution in [0.4, 0.5) is 8.78 Å². The lowest BCUT2D eigenvalue weighted by atomic mass is 10.5. The van der Waals surface area contributed by atoms with Gasteiger partial charge in [0.05, 0.1) is 0 Å². The van der Waals surface area contributed by atoms with Crippen molar-refractivity contribution in [3.05, 3.63) is 12.2 Å². The van der Waals surface area contributed by atoms with Crippen LogP contribution in [-0.2, 0) is 10.0 Å². The summed E-state index contributed by atoms with van der Waals surface area (Å²) in [7, 11) is -4.45. The Morgan fingerprint density at radius 1 is 1.42 bits per heavy atom. The molecule has 0 spiro atoms. The van der Waals surface area contributed by atoms with Gasteiger partial charge in [0.15, 0.2) is 0 Å². The van der Waals surface area contributed by atoms with Crippen molar-refractivity contribution >= 4 is 10.0 Å². The summed E-state index contributed by atoms with van der Waals surface area (Å²) in [6.45, 7) is 0.0836. The van der Waals surface area contributed by atoms with Gasteiger partial charge in [-0.3, -0.25) is 0 Å². The Morgan fingerprint density at radius 2 is 2.00 bits per heavy atom. The molecule has 0 saturated heterocycles. The molecular weight excluding hydrogens is 190 g/mol. The molecule has 0 aromatic carbocycles. The zero-order valence-corrected chi connectivity index (χ0v) is 7.02. The van der Waals surface area contributed by atoms with Crippen molar-refractivity contribution in [2.24, 2.45) is 5.73 Å². The fourth-order valence-electron chi connectivity index (χ4n) is 0.407. The Labute approximate surface area is 69.5 Å². The Morgan fingerprint density at radius 3 is 2.42 bits per heavy atom. The molecule has 0 bridgehead atoms. The minimum absolute atomic E-state index is 0.163. The van der Waals surface area contributed by atoms with E-state index in [9.17, 15) is 17.2 Å². The summed E-state index contributed by atoms with van der Waals surface area (Å²) in [5.74, 6) is -3.39.